The summed E-state index contributed by atoms with van der Waals surface area (Å²) in [4.78, 5) is 8.56. The second kappa shape index (κ2) is 16.3. The number of carboxylic acid groups (broad SMARTS) is 2. The first-order valence-electron chi connectivity index (χ1n) is 0.651. The predicted octanol–water partition coefficient (Wildman–Crippen LogP) is -0.607. The van der Waals surface area contributed by atoms with E-state index in [1.165, 1.54) is 0 Å². The average Bonchev–Trinajstić information content (AvgIpc) is 0.811. The van der Waals surface area contributed by atoms with Crippen LogP contribution in [0.5, 0.6) is 0 Å². The molecule has 0 saturated carbocycles. The molecule has 0 fully saturated rings. The molecule has 4 N–H and O–H groups in total. The van der Waals surface area contributed by atoms with E-state index in [9.17, 15) is 0 Å². The van der Waals surface area contributed by atoms with Crippen LogP contribution in [0.2, 0.25) is 0 Å². The molecule has 2 radical (unpaired) electrons. The number of carbonyl (C=O) groups is 1. The Labute approximate surface area is 60.9 Å². The van der Waals surface area contributed by atoms with Crippen molar-refractivity contribution < 1.29 is 54.3 Å². The van der Waals surface area contributed by atoms with Crippen molar-refractivity contribution in [3.63, 3.8) is 0 Å². The van der Waals surface area contributed by atoms with E-state index < -0.39 is 6.16 Å². The fourth-order valence-electron chi connectivity index (χ4n) is 0. The molecule has 0 atom stereocenters. The van der Waals surface area contributed by atoms with Gasteiger partial charge in [0, 0.05) is 33.8 Å². The molecule has 0 spiro atoms. The largest absolute Gasteiger partial charge is 0.503 e. The first kappa shape index (κ1) is 26.8. The standard InChI is InChI=1S/CH2O3.Co.Cu.H2O/c2-1(3)4;;;/h(H2,2,3,4);;;1H2. The summed E-state index contributed by atoms with van der Waals surface area (Å²) in [7, 11) is 0. The maximum Gasteiger partial charge on any atom is 0.503 e. The van der Waals surface area contributed by atoms with E-state index in [-0.39, 0.29) is 39.3 Å². The zero-order valence-corrected chi connectivity index (χ0v) is 4.92. The summed E-state index contributed by atoms with van der Waals surface area (Å²) < 4.78 is 0. The van der Waals surface area contributed by atoms with Crippen LogP contribution in [0.1, 0.15) is 0 Å². The Hall–Kier alpha value is 0.256. The minimum absolute atomic E-state index is 0. The van der Waals surface area contributed by atoms with E-state index in [1.807, 2.05) is 0 Å². The summed E-state index contributed by atoms with van der Waals surface area (Å²) in [6.45, 7) is 0. The Morgan fingerprint density at radius 2 is 1.29 bits per heavy atom. The number of hydrogen-bond acceptors (Lipinski definition) is 1. The minimum atomic E-state index is -1.83. The molecule has 0 heterocycles. The Bertz CT molecular complexity index is 34.7. The molecule has 0 unspecified atom stereocenters. The fraction of sp³-hybridized carbons (Fsp3) is 0. The monoisotopic (exact) mass is 202 g/mol. The molecule has 0 aromatic rings. The third kappa shape index (κ3) is 1730. The van der Waals surface area contributed by atoms with Crippen LogP contribution in [0.15, 0.2) is 0 Å². The van der Waals surface area contributed by atoms with E-state index in [1.54, 1.807) is 0 Å². The van der Waals surface area contributed by atoms with Gasteiger partial charge < -0.3 is 15.7 Å². The molecule has 0 aliphatic carbocycles. The van der Waals surface area contributed by atoms with Crippen molar-refractivity contribution in [3.05, 3.63) is 0 Å². The molecule has 52 valence electrons. The van der Waals surface area contributed by atoms with Crippen LogP contribution in [0.3, 0.4) is 0 Å². The molecule has 7 heavy (non-hydrogen) atoms. The van der Waals surface area contributed by atoms with Crippen molar-refractivity contribution in [3.8, 4) is 0 Å². The average molecular weight is 203 g/mol. The van der Waals surface area contributed by atoms with Crippen molar-refractivity contribution in [1.82, 2.24) is 0 Å². The van der Waals surface area contributed by atoms with Gasteiger partial charge in [-0.3, -0.25) is 0 Å². The molecule has 0 amide bonds. The Morgan fingerprint density at radius 3 is 1.29 bits per heavy atom. The predicted molar refractivity (Wildman–Crippen MR) is 14.3 cm³/mol. The van der Waals surface area contributed by atoms with Gasteiger partial charge in [0.2, 0.25) is 0 Å². The first-order valence-corrected chi connectivity index (χ1v) is 0.651. The second-order valence-electron chi connectivity index (χ2n) is 0.283. The summed E-state index contributed by atoms with van der Waals surface area (Å²) in [5.74, 6) is 0. The first-order chi connectivity index (χ1) is 1.73. The van der Waals surface area contributed by atoms with Crippen molar-refractivity contribution in [2.24, 2.45) is 0 Å². The third-order valence-electron chi connectivity index (χ3n) is 0. The van der Waals surface area contributed by atoms with Gasteiger partial charge >= 0.3 is 6.16 Å². The van der Waals surface area contributed by atoms with Crippen molar-refractivity contribution in [2.75, 3.05) is 0 Å². The number of rotatable bonds is 0. The van der Waals surface area contributed by atoms with E-state index in [0.717, 1.165) is 0 Å². The summed E-state index contributed by atoms with van der Waals surface area (Å²) in [6.07, 6.45) is -1.83. The van der Waals surface area contributed by atoms with Gasteiger partial charge in [0.1, 0.15) is 0 Å². The molecule has 6 heteroatoms. The molecular formula is CH4CoCuO4. The normalized spacial score (nSPS) is 3.43. The van der Waals surface area contributed by atoms with E-state index >= 15 is 0 Å². The molecular weight excluding hydrogens is 198 g/mol. The van der Waals surface area contributed by atoms with Gasteiger partial charge in [-0.1, -0.05) is 0 Å². The van der Waals surface area contributed by atoms with Crippen LogP contribution >= 0.6 is 0 Å². The SMILES string of the molecule is O.O=C(O)O.[Co].[Cu]. The van der Waals surface area contributed by atoms with Gasteiger partial charge in [-0.25, -0.2) is 4.79 Å². The van der Waals surface area contributed by atoms with Crippen molar-refractivity contribution in [1.29, 1.82) is 0 Å². The maximum atomic E-state index is 8.56. The van der Waals surface area contributed by atoms with Gasteiger partial charge in [0.15, 0.2) is 0 Å². The van der Waals surface area contributed by atoms with Crippen LogP contribution in [-0.4, -0.2) is 21.8 Å². The summed E-state index contributed by atoms with van der Waals surface area (Å²) >= 11 is 0. The van der Waals surface area contributed by atoms with Crippen LogP contribution in [-0.2, 0) is 33.8 Å². The van der Waals surface area contributed by atoms with Crippen molar-refractivity contribution >= 4 is 6.16 Å². The van der Waals surface area contributed by atoms with Gasteiger partial charge in [-0.15, -0.1) is 0 Å². The van der Waals surface area contributed by atoms with Gasteiger partial charge in [-0.05, 0) is 0 Å². The molecule has 0 aromatic carbocycles. The van der Waals surface area contributed by atoms with Crippen LogP contribution < -0.4 is 0 Å². The van der Waals surface area contributed by atoms with Gasteiger partial charge in [0.25, 0.3) is 0 Å². The van der Waals surface area contributed by atoms with Crippen molar-refractivity contribution in [2.45, 2.75) is 0 Å². The minimum Gasteiger partial charge on any atom is -0.450 e. The van der Waals surface area contributed by atoms with E-state index in [2.05, 4.69) is 0 Å². The molecule has 0 aliphatic rings. The van der Waals surface area contributed by atoms with Crippen LogP contribution in [0, 0.1) is 0 Å². The van der Waals surface area contributed by atoms with Crippen LogP contribution in [0.4, 0.5) is 4.79 Å². The number of hydrogen-bond donors (Lipinski definition) is 2. The molecule has 4 nitrogen and oxygen atoms in total. The topological polar surface area (TPSA) is 89.0 Å². The quantitative estimate of drug-likeness (QED) is 0.514. The Kier molecular flexibility index (Phi) is 62.4. The molecule has 0 bridgehead atoms. The van der Waals surface area contributed by atoms with Gasteiger partial charge in [0.05, 0.1) is 0 Å². The molecule has 0 aliphatic heterocycles. The van der Waals surface area contributed by atoms with Crippen LogP contribution in [0.25, 0.3) is 0 Å². The summed E-state index contributed by atoms with van der Waals surface area (Å²) in [5.41, 5.74) is 0. The molecule has 0 aromatic heterocycles. The zero-order chi connectivity index (χ0) is 3.58. The van der Waals surface area contributed by atoms with E-state index in [4.69, 9.17) is 15.0 Å². The molecule has 0 rings (SSSR count). The summed E-state index contributed by atoms with van der Waals surface area (Å²) in [5, 5.41) is 13.9. The smallest absolute Gasteiger partial charge is 0.450 e. The zero-order valence-electron chi connectivity index (χ0n) is 2.94. The maximum absolute atomic E-state index is 8.56. The van der Waals surface area contributed by atoms with E-state index in [0.29, 0.717) is 0 Å². The van der Waals surface area contributed by atoms with Gasteiger partial charge in [-0.2, -0.15) is 0 Å². The Balaban J connectivity index is -0.0000000150. The fourth-order valence-corrected chi connectivity index (χ4v) is 0. The summed E-state index contributed by atoms with van der Waals surface area (Å²) in [6, 6.07) is 0. The molecule has 0 saturated heterocycles. The second-order valence-corrected chi connectivity index (χ2v) is 0.283. The third-order valence-corrected chi connectivity index (χ3v) is 0. The Morgan fingerprint density at radius 1 is 1.29 bits per heavy atom.